The summed E-state index contributed by atoms with van der Waals surface area (Å²) in [6.45, 7) is 5.46. The van der Waals surface area contributed by atoms with Crippen molar-refractivity contribution in [3.05, 3.63) is 18.5 Å². The first-order valence-electron chi connectivity index (χ1n) is 5.98. The van der Waals surface area contributed by atoms with Crippen LogP contribution in [0, 0.1) is 5.92 Å². The van der Waals surface area contributed by atoms with Crippen molar-refractivity contribution in [2.45, 2.75) is 32.9 Å². The van der Waals surface area contributed by atoms with E-state index >= 15 is 0 Å². The highest BCUT2D eigenvalue weighted by Crippen LogP contribution is 2.05. The van der Waals surface area contributed by atoms with E-state index in [0.717, 1.165) is 6.42 Å². The fourth-order valence-corrected chi connectivity index (χ4v) is 1.69. The van der Waals surface area contributed by atoms with Crippen LogP contribution >= 0.6 is 0 Å². The maximum Gasteiger partial charge on any atom is 0.239 e. The lowest BCUT2D eigenvalue weighted by Gasteiger charge is -2.22. The lowest BCUT2D eigenvalue weighted by atomic mass is 10.0. The third-order valence-electron chi connectivity index (χ3n) is 2.64. The summed E-state index contributed by atoms with van der Waals surface area (Å²) in [5, 5.41) is 4.09. The highest BCUT2D eigenvalue weighted by molar-refractivity contribution is 5.81. The highest BCUT2D eigenvalue weighted by atomic mass is 16.2. The normalized spacial score (nSPS) is 12.8. The molecule has 0 aliphatic carbocycles. The van der Waals surface area contributed by atoms with Gasteiger partial charge in [0.1, 0.15) is 0 Å². The van der Waals surface area contributed by atoms with Gasteiger partial charge < -0.3 is 10.6 Å². The van der Waals surface area contributed by atoms with Gasteiger partial charge in [-0.15, -0.1) is 0 Å². The van der Waals surface area contributed by atoms with Crippen LogP contribution in [0.3, 0.4) is 0 Å². The Morgan fingerprint density at radius 2 is 2.24 bits per heavy atom. The molecule has 0 spiro atoms. The standard InChI is InChI=1S/C12H22N4O/c1-10(2)9-11(13)12(17)15(3)7-8-16-6-4-5-14-16/h4-6,10-11H,7-9,13H2,1-3H3/t11-/m0/s1. The zero-order valence-corrected chi connectivity index (χ0v) is 10.8. The molecule has 0 saturated carbocycles. The molecular weight excluding hydrogens is 216 g/mol. The van der Waals surface area contributed by atoms with Gasteiger partial charge in [-0.2, -0.15) is 5.10 Å². The van der Waals surface area contributed by atoms with E-state index in [0.29, 0.717) is 19.0 Å². The van der Waals surface area contributed by atoms with Crippen molar-refractivity contribution >= 4 is 5.91 Å². The summed E-state index contributed by atoms with van der Waals surface area (Å²) in [6.07, 6.45) is 4.34. The Kier molecular flexibility index (Phi) is 5.15. The van der Waals surface area contributed by atoms with Crippen molar-refractivity contribution < 1.29 is 4.79 Å². The van der Waals surface area contributed by atoms with Crippen LogP contribution in [0.5, 0.6) is 0 Å². The summed E-state index contributed by atoms with van der Waals surface area (Å²) in [4.78, 5) is 13.6. The lowest BCUT2D eigenvalue weighted by Crippen LogP contribution is -2.43. The highest BCUT2D eigenvalue weighted by Gasteiger charge is 2.18. The van der Waals surface area contributed by atoms with E-state index in [1.165, 1.54) is 0 Å². The summed E-state index contributed by atoms with van der Waals surface area (Å²) in [6, 6.07) is 1.48. The van der Waals surface area contributed by atoms with E-state index < -0.39 is 6.04 Å². The molecule has 17 heavy (non-hydrogen) atoms. The third-order valence-corrected chi connectivity index (χ3v) is 2.64. The number of nitrogens with two attached hydrogens (primary N) is 1. The number of carbonyl (C=O) groups is 1. The lowest BCUT2D eigenvalue weighted by molar-refractivity contribution is -0.131. The van der Waals surface area contributed by atoms with Crippen molar-refractivity contribution in [2.75, 3.05) is 13.6 Å². The van der Waals surface area contributed by atoms with Crippen LogP contribution in [0.1, 0.15) is 20.3 Å². The first-order valence-corrected chi connectivity index (χ1v) is 5.98. The van der Waals surface area contributed by atoms with Crippen molar-refractivity contribution in [2.24, 2.45) is 11.7 Å². The number of amides is 1. The van der Waals surface area contributed by atoms with E-state index in [2.05, 4.69) is 18.9 Å². The van der Waals surface area contributed by atoms with E-state index in [4.69, 9.17) is 5.73 Å². The molecule has 1 aromatic heterocycles. The smallest absolute Gasteiger partial charge is 0.239 e. The molecular formula is C12H22N4O. The minimum Gasteiger partial charge on any atom is -0.343 e. The molecule has 0 bridgehead atoms. The van der Waals surface area contributed by atoms with Gasteiger partial charge in [0.25, 0.3) is 0 Å². The van der Waals surface area contributed by atoms with Crippen LogP contribution in [0.15, 0.2) is 18.5 Å². The Bertz CT molecular complexity index is 334. The predicted molar refractivity (Wildman–Crippen MR) is 67.3 cm³/mol. The zero-order chi connectivity index (χ0) is 12.8. The average Bonchev–Trinajstić information content (AvgIpc) is 2.76. The molecule has 5 heteroatoms. The molecule has 0 unspecified atom stereocenters. The van der Waals surface area contributed by atoms with Gasteiger partial charge >= 0.3 is 0 Å². The van der Waals surface area contributed by atoms with Crippen molar-refractivity contribution in [1.82, 2.24) is 14.7 Å². The summed E-state index contributed by atoms with van der Waals surface area (Å²) < 4.78 is 1.80. The summed E-state index contributed by atoms with van der Waals surface area (Å²) in [7, 11) is 1.78. The Labute approximate surface area is 103 Å². The first-order chi connectivity index (χ1) is 8.00. The van der Waals surface area contributed by atoms with Crippen LogP contribution in [0.25, 0.3) is 0 Å². The molecule has 0 fully saturated rings. The van der Waals surface area contributed by atoms with Crippen LogP contribution < -0.4 is 5.73 Å². The number of carbonyl (C=O) groups excluding carboxylic acids is 1. The Morgan fingerprint density at radius 3 is 2.76 bits per heavy atom. The fraction of sp³-hybridized carbons (Fsp3) is 0.667. The minimum absolute atomic E-state index is 0.00542. The number of hydrogen-bond donors (Lipinski definition) is 1. The fourth-order valence-electron chi connectivity index (χ4n) is 1.69. The van der Waals surface area contributed by atoms with E-state index in [9.17, 15) is 4.79 Å². The molecule has 1 heterocycles. The van der Waals surface area contributed by atoms with Gasteiger partial charge in [-0.05, 0) is 18.4 Å². The van der Waals surface area contributed by atoms with E-state index in [1.54, 1.807) is 22.8 Å². The molecule has 0 radical (unpaired) electrons. The molecule has 96 valence electrons. The Hall–Kier alpha value is -1.36. The largest absolute Gasteiger partial charge is 0.343 e. The van der Waals surface area contributed by atoms with Crippen LogP contribution in [0.2, 0.25) is 0 Å². The number of nitrogens with zero attached hydrogens (tertiary/aromatic N) is 3. The Morgan fingerprint density at radius 1 is 1.53 bits per heavy atom. The second-order valence-electron chi connectivity index (χ2n) is 4.76. The maximum absolute atomic E-state index is 11.9. The molecule has 1 aromatic rings. The number of likely N-dealkylation sites (N-methyl/N-ethyl adjacent to an activating group) is 1. The molecule has 0 aliphatic heterocycles. The topological polar surface area (TPSA) is 64.2 Å². The van der Waals surface area contributed by atoms with Gasteiger partial charge in [0.2, 0.25) is 5.91 Å². The quantitative estimate of drug-likeness (QED) is 0.794. The minimum atomic E-state index is -0.391. The maximum atomic E-state index is 11.9. The monoisotopic (exact) mass is 238 g/mol. The van der Waals surface area contributed by atoms with Crippen molar-refractivity contribution in [3.8, 4) is 0 Å². The van der Waals surface area contributed by atoms with Gasteiger partial charge in [0.05, 0.1) is 12.6 Å². The summed E-state index contributed by atoms with van der Waals surface area (Å²) >= 11 is 0. The number of aromatic nitrogens is 2. The van der Waals surface area contributed by atoms with E-state index in [-0.39, 0.29) is 5.91 Å². The van der Waals surface area contributed by atoms with E-state index in [1.807, 2.05) is 12.3 Å². The molecule has 1 atom stereocenters. The van der Waals surface area contributed by atoms with Crippen molar-refractivity contribution in [1.29, 1.82) is 0 Å². The van der Waals surface area contributed by atoms with Gasteiger partial charge in [0.15, 0.2) is 0 Å². The van der Waals surface area contributed by atoms with Crippen molar-refractivity contribution in [3.63, 3.8) is 0 Å². The van der Waals surface area contributed by atoms with Gasteiger partial charge in [-0.25, -0.2) is 0 Å². The first kappa shape index (κ1) is 13.7. The second-order valence-corrected chi connectivity index (χ2v) is 4.76. The number of rotatable bonds is 6. The molecule has 2 N–H and O–H groups in total. The summed E-state index contributed by atoms with van der Waals surface area (Å²) in [5.41, 5.74) is 5.85. The molecule has 1 amide bonds. The Balaban J connectivity index is 2.36. The molecule has 5 nitrogen and oxygen atoms in total. The van der Waals surface area contributed by atoms with Crippen LogP contribution in [-0.2, 0) is 11.3 Å². The van der Waals surface area contributed by atoms with Gasteiger partial charge in [-0.1, -0.05) is 13.8 Å². The third kappa shape index (κ3) is 4.56. The average molecular weight is 238 g/mol. The second kappa shape index (κ2) is 6.39. The SMILES string of the molecule is CC(C)C[C@H](N)C(=O)N(C)CCn1cccn1. The van der Waals surface area contributed by atoms with Crippen LogP contribution in [-0.4, -0.2) is 40.2 Å². The zero-order valence-electron chi connectivity index (χ0n) is 10.8. The molecule has 0 saturated heterocycles. The molecule has 0 aliphatic rings. The molecule has 1 rings (SSSR count). The predicted octanol–water partition coefficient (Wildman–Crippen LogP) is 0.715. The number of hydrogen-bond acceptors (Lipinski definition) is 3. The summed E-state index contributed by atoms with van der Waals surface area (Å²) in [5.74, 6) is 0.444. The van der Waals surface area contributed by atoms with Gasteiger partial charge in [-0.3, -0.25) is 9.48 Å². The molecule has 0 aromatic carbocycles. The van der Waals surface area contributed by atoms with Gasteiger partial charge in [0, 0.05) is 26.0 Å². The van der Waals surface area contributed by atoms with Crippen LogP contribution in [0.4, 0.5) is 0 Å².